The van der Waals surface area contributed by atoms with Crippen molar-refractivity contribution in [3.05, 3.63) is 28.5 Å². The minimum Gasteiger partial charge on any atom is -0.480 e. The van der Waals surface area contributed by atoms with Crippen LogP contribution in [0.5, 0.6) is 0 Å². The summed E-state index contributed by atoms with van der Waals surface area (Å²) >= 11 is 3.48. The van der Waals surface area contributed by atoms with Gasteiger partial charge in [0.05, 0.1) is 5.60 Å². The van der Waals surface area contributed by atoms with Crippen LogP contribution >= 0.6 is 15.9 Å². The number of rotatable bonds is 4. The number of carboxylic acid groups (broad SMARTS) is 1. The van der Waals surface area contributed by atoms with Gasteiger partial charge in [-0.15, -0.1) is 0 Å². The van der Waals surface area contributed by atoms with Crippen molar-refractivity contribution in [1.29, 1.82) is 0 Å². The zero-order valence-corrected chi connectivity index (χ0v) is 13.4. The van der Waals surface area contributed by atoms with E-state index in [1.807, 2.05) is 12.1 Å². The molecule has 2 N–H and O–H groups in total. The van der Waals surface area contributed by atoms with Crippen LogP contribution in [0.3, 0.4) is 0 Å². The second-order valence-corrected chi connectivity index (χ2v) is 6.87. The van der Waals surface area contributed by atoms with E-state index in [2.05, 4.69) is 26.2 Å². The number of ether oxygens (including phenoxy) is 1. The lowest BCUT2D eigenvalue weighted by molar-refractivity contribution is -0.157. The van der Waals surface area contributed by atoms with Gasteiger partial charge in [-0.1, -0.05) is 6.07 Å². The van der Waals surface area contributed by atoms with Crippen molar-refractivity contribution >= 4 is 21.9 Å². The van der Waals surface area contributed by atoms with Gasteiger partial charge in [0.2, 0.25) is 0 Å². The van der Waals surface area contributed by atoms with E-state index in [1.54, 1.807) is 6.20 Å². The molecule has 6 heteroatoms. The number of hydrogen-bond donors (Lipinski definition) is 2. The van der Waals surface area contributed by atoms with Crippen molar-refractivity contribution in [1.82, 2.24) is 10.3 Å². The molecule has 0 atom stereocenters. The Morgan fingerprint density at radius 3 is 2.62 bits per heavy atom. The monoisotopic (exact) mass is 354 g/mol. The molecule has 21 heavy (non-hydrogen) atoms. The Balaban J connectivity index is 1.85. The Morgan fingerprint density at radius 1 is 1.38 bits per heavy atom. The summed E-state index contributed by atoms with van der Waals surface area (Å²) in [6.07, 6.45) is 5.51. The molecule has 1 saturated carbocycles. The Labute approximate surface area is 132 Å². The number of pyridine rings is 1. The first-order valence-corrected chi connectivity index (χ1v) is 8.02. The van der Waals surface area contributed by atoms with E-state index in [-0.39, 0.29) is 6.61 Å². The molecule has 2 heterocycles. The van der Waals surface area contributed by atoms with E-state index in [0.717, 1.165) is 48.9 Å². The van der Waals surface area contributed by atoms with Gasteiger partial charge in [0, 0.05) is 24.8 Å². The van der Waals surface area contributed by atoms with Gasteiger partial charge < -0.3 is 15.2 Å². The lowest BCUT2D eigenvalue weighted by Gasteiger charge is -2.51. The van der Waals surface area contributed by atoms with E-state index >= 15 is 0 Å². The third kappa shape index (κ3) is 2.84. The minimum atomic E-state index is -0.931. The van der Waals surface area contributed by atoms with Crippen LogP contribution < -0.4 is 5.32 Å². The molecule has 1 aromatic heterocycles. The zero-order valence-electron chi connectivity index (χ0n) is 11.8. The summed E-state index contributed by atoms with van der Waals surface area (Å²) in [5, 5.41) is 12.3. The molecule has 0 bridgehead atoms. The topological polar surface area (TPSA) is 71.5 Å². The van der Waals surface area contributed by atoms with Gasteiger partial charge in [-0.05, 0) is 53.1 Å². The predicted molar refractivity (Wildman–Crippen MR) is 81.0 cm³/mol. The normalized spacial score (nSPS) is 22.7. The third-order valence-corrected chi connectivity index (χ3v) is 5.47. The van der Waals surface area contributed by atoms with Gasteiger partial charge in [-0.3, -0.25) is 0 Å². The lowest BCUT2D eigenvalue weighted by atomic mass is 9.64. The van der Waals surface area contributed by atoms with Crippen LogP contribution in [0.15, 0.2) is 22.9 Å². The number of halogens is 1. The maximum absolute atomic E-state index is 10.9. The molecular weight excluding hydrogens is 336 g/mol. The van der Waals surface area contributed by atoms with E-state index < -0.39 is 11.6 Å². The first-order valence-electron chi connectivity index (χ1n) is 7.23. The average molecular weight is 355 g/mol. The van der Waals surface area contributed by atoms with Crippen molar-refractivity contribution < 1.29 is 14.6 Å². The Bertz CT molecular complexity index is 535. The molecule has 2 fully saturated rings. The fourth-order valence-electron chi connectivity index (χ4n) is 3.43. The summed E-state index contributed by atoms with van der Waals surface area (Å²) in [5.41, 5.74) is 0.824. The highest BCUT2D eigenvalue weighted by molar-refractivity contribution is 9.10. The number of carbonyl (C=O) groups is 1. The molecule has 0 radical (unpaired) electrons. The van der Waals surface area contributed by atoms with Crippen LogP contribution in [-0.4, -0.2) is 35.8 Å². The van der Waals surface area contributed by atoms with E-state index in [0.29, 0.717) is 5.41 Å². The van der Waals surface area contributed by atoms with Gasteiger partial charge in [0.15, 0.2) is 0 Å². The van der Waals surface area contributed by atoms with Gasteiger partial charge in [0.25, 0.3) is 0 Å². The van der Waals surface area contributed by atoms with Crippen molar-refractivity contribution in [3.8, 4) is 0 Å². The molecule has 5 nitrogen and oxygen atoms in total. The van der Waals surface area contributed by atoms with Crippen molar-refractivity contribution in [2.45, 2.75) is 31.3 Å². The van der Waals surface area contributed by atoms with Gasteiger partial charge in [-0.25, -0.2) is 9.78 Å². The third-order valence-electron chi connectivity index (χ3n) is 4.84. The number of aromatic nitrogens is 1. The maximum atomic E-state index is 10.9. The van der Waals surface area contributed by atoms with Gasteiger partial charge in [-0.2, -0.15) is 0 Å². The van der Waals surface area contributed by atoms with Gasteiger partial charge in [0.1, 0.15) is 11.2 Å². The van der Waals surface area contributed by atoms with Crippen LogP contribution in [-0.2, 0) is 15.1 Å². The van der Waals surface area contributed by atoms with E-state index in [1.165, 1.54) is 0 Å². The SMILES string of the molecule is O=C(O)COC1(c2cccnc2Br)CCC2(CC1)CNC2. The van der Waals surface area contributed by atoms with Crippen LogP contribution in [0.1, 0.15) is 31.2 Å². The highest BCUT2D eigenvalue weighted by atomic mass is 79.9. The molecule has 0 aromatic carbocycles. The Hall–Kier alpha value is -0.980. The van der Waals surface area contributed by atoms with Gasteiger partial charge >= 0.3 is 5.97 Å². The second kappa shape index (κ2) is 5.66. The lowest BCUT2D eigenvalue weighted by Crippen LogP contribution is -2.57. The summed E-state index contributed by atoms with van der Waals surface area (Å²) in [4.78, 5) is 15.2. The smallest absolute Gasteiger partial charge is 0.329 e. The first-order chi connectivity index (χ1) is 10.1. The quantitative estimate of drug-likeness (QED) is 0.811. The van der Waals surface area contributed by atoms with E-state index in [4.69, 9.17) is 9.84 Å². The number of hydrogen-bond acceptors (Lipinski definition) is 4. The summed E-state index contributed by atoms with van der Waals surface area (Å²) < 4.78 is 6.62. The fraction of sp³-hybridized carbons (Fsp3) is 0.600. The van der Waals surface area contributed by atoms with Crippen molar-refractivity contribution in [2.75, 3.05) is 19.7 Å². The number of aliphatic carboxylic acids is 1. The molecule has 1 aliphatic carbocycles. The molecule has 0 amide bonds. The summed E-state index contributed by atoms with van der Waals surface area (Å²) in [7, 11) is 0. The molecule has 2 aliphatic rings. The van der Waals surface area contributed by atoms with Crippen molar-refractivity contribution in [2.24, 2.45) is 5.41 Å². The summed E-state index contributed by atoms with van der Waals surface area (Å²) in [5.74, 6) is -0.931. The average Bonchev–Trinajstić information content (AvgIpc) is 2.44. The number of nitrogens with zero attached hydrogens (tertiary/aromatic N) is 1. The van der Waals surface area contributed by atoms with Crippen LogP contribution in [0.2, 0.25) is 0 Å². The predicted octanol–water partition coefficient (Wildman–Crippen LogP) is 2.30. The van der Waals surface area contributed by atoms with Crippen LogP contribution in [0, 0.1) is 5.41 Å². The highest BCUT2D eigenvalue weighted by Crippen LogP contribution is 2.50. The molecule has 0 unspecified atom stereocenters. The molecule has 1 saturated heterocycles. The molecule has 3 rings (SSSR count). The maximum Gasteiger partial charge on any atom is 0.329 e. The molecule has 1 spiro atoms. The zero-order chi connectivity index (χ0) is 14.9. The van der Waals surface area contributed by atoms with E-state index in [9.17, 15) is 4.79 Å². The second-order valence-electron chi connectivity index (χ2n) is 6.12. The van der Waals surface area contributed by atoms with Crippen molar-refractivity contribution in [3.63, 3.8) is 0 Å². The van der Waals surface area contributed by atoms with Crippen LogP contribution in [0.25, 0.3) is 0 Å². The number of nitrogens with one attached hydrogen (secondary N) is 1. The summed E-state index contributed by atoms with van der Waals surface area (Å²) in [6.45, 7) is 1.86. The summed E-state index contributed by atoms with van der Waals surface area (Å²) in [6, 6.07) is 3.86. The Morgan fingerprint density at radius 2 is 2.10 bits per heavy atom. The molecule has 114 valence electrons. The highest BCUT2D eigenvalue weighted by Gasteiger charge is 2.48. The fourth-order valence-corrected chi connectivity index (χ4v) is 4.05. The Kier molecular flexibility index (Phi) is 4.03. The first kappa shape index (κ1) is 14.9. The standard InChI is InChI=1S/C15H19BrN2O3/c16-13-11(2-1-7-18-13)15(21-8-12(19)20)5-3-14(4-6-15)9-17-10-14/h1-2,7,17H,3-6,8-10H2,(H,19,20). The molecule has 1 aromatic rings. The molecule has 1 aliphatic heterocycles. The minimum absolute atomic E-state index is 0.271. The molecular formula is C15H19BrN2O3. The number of carboxylic acids is 1. The van der Waals surface area contributed by atoms with Crippen LogP contribution in [0.4, 0.5) is 0 Å². The largest absolute Gasteiger partial charge is 0.480 e.